The summed E-state index contributed by atoms with van der Waals surface area (Å²) in [6.45, 7) is 8.33. The number of imidazole rings is 1. The minimum Gasteiger partial charge on any atom is -0.381 e. The summed E-state index contributed by atoms with van der Waals surface area (Å²) in [5.74, 6) is 1.40. The van der Waals surface area contributed by atoms with Crippen LogP contribution in [0.5, 0.6) is 0 Å². The van der Waals surface area contributed by atoms with E-state index in [4.69, 9.17) is 4.74 Å². The van der Waals surface area contributed by atoms with Gasteiger partial charge in [0.25, 0.3) is 0 Å². The van der Waals surface area contributed by atoms with Crippen LogP contribution in [0.25, 0.3) is 0 Å². The maximum Gasteiger partial charge on any atom is 0.191 e. The summed E-state index contributed by atoms with van der Waals surface area (Å²) in [4.78, 5) is 8.36. The number of hydrogen-bond donors (Lipinski definition) is 2. The molecule has 2 rings (SSSR count). The maximum atomic E-state index is 5.59. The van der Waals surface area contributed by atoms with Gasteiger partial charge in [0.05, 0.1) is 6.33 Å². The highest BCUT2D eigenvalue weighted by Gasteiger charge is 2.01. The van der Waals surface area contributed by atoms with Crippen molar-refractivity contribution in [2.24, 2.45) is 10.9 Å². The first-order chi connectivity index (χ1) is 12.7. The van der Waals surface area contributed by atoms with E-state index in [-0.39, 0.29) is 0 Å². The van der Waals surface area contributed by atoms with Crippen LogP contribution < -0.4 is 10.6 Å². The molecule has 0 fully saturated rings. The standard InChI is InChI=1S/C20H31N5O/c1-17(2)15-26-11-5-8-23-20(21-3)24-13-18-6-4-7-19(12-18)14-25-10-9-22-16-25/h4,6-7,9-10,12,16-17H,5,8,11,13-15H2,1-3H3,(H2,21,23,24). The highest BCUT2D eigenvalue weighted by molar-refractivity contribution is 5.79. The van der Waals surface area contributed by atoms with Gasteiger partial charge in [-0.25, -0.2) is 4.98 Å². The Morgan fingerprint density at radius 1 is 1.27 bits per heavy atom. The molecule has 2 aromatic rings. The molecule has 26 heavy (non-hydrogen) atoms. The van der Waals surface area contributed by atoms with E-state index in [2.05, 4.69) is 63.3 Å². The van der Waals surface area contributed by atoms with Crippen LogP contribution >= 0.6 is 0 Å². The zero-order chi connectivity index (χ0) is 18.6. The second-order valence-corrected chi connectivity index (χ2v) is 6.73. The van der Waals surface area contributed by atoms with Crippen molar-refractivity contribution < 1.29 is 4.74 Å². The zero-order valence-corrected chi connectivity index (χ0v) is 16.1. The lowest BCUT2D eigenvalue weighted by Gasteiger charge is -2.13. The summed E-state index contributed by atoms with van der Waals surface area (Å²) in [6.07, 6.45) is 6.58. The van der Waals surface area contributed by atoms with Crippen molar-refractivity contribution in [3.63, 3.8) is 0 Å². The molecule has 0 amide bonds. The molecule has 0 aliphatic rings. The molecule has 1 aromatic heterocycles. The Kier molecular flexibility index (Phi) is 8.69. The first-order valence-corrected chi connectivity index (χ1v) is 9.23. The van der Waals surface area contributed by atoms with Crippen LogP contribution in [-0.2, 0) is 17.8 Å². The van der Waals surface area contributed by atoms with Gasteiger partial charge in [-0.3, -0.25) is 4.99 Å². The summed E-state index contributed by atoms with van der Waals surface area (Å²) in [6, 6.07) is 8.55. The van der Waals surface area contributed by atoms with Gasteiger partial charge in [-0.1, -0.05) is 38.1 Å². The van der Waals surface area contributed by atoms with Crippen LogP contribution in [0.3, 0.4) is 0 Å². The Hall–Kier alpha value is -2.34. The molecule has 0 unspecified atom stereocenters. The van der Waals surface area contributed by atoms with Gasteiger partial charge in [0.15, 0.2) is 5.96 Å². The summed E-state index contributed by atoms with van der Waals surface area (Å²) < 4.78 is 7.65. The molecule has 0 radical (unpaired) electrons. The average molecular weight is 358 g/mol. The van der Waals surface area contributed by atoms with Crippen LogP contribution in [0.15, 0.2) is 48.0 Å². The van der Waals surface area contributed by atoms with Gasteiger partial charge in [0, 0.05) is 52.3 Å². The first-order valence-electron chi connectivity index (χ1n) is 9.23. The van der Waals surface area contributed by atoms with Crippen molar-refractivity contribution in [1.82, 2.24) is 20.2 Å². The lowest BCUT2D eigenvalue weighted by atomic mass is 10.1. The van der Waals surface area contributed by atoms with Crippen molar-refractivity contribution in [2.45, 2.75) is 33.4 Å². The van der Waals surface area contributed by atoms with E-state index in [0.717, 1.165) is 45.2 Å². The van der Waals surface area contributed by atoms with E-state index >= 15 is 0 Å². The van der Waals surface area contributed by atoms with E-state index in [1.807, 2.05) is 12.5 Å². The number of guanidine groups is 1. The molecule has 2 N–H and O–H groups in total. The monoisotopic (exact) mass is 357 g/mol. The van der Waals surface area contributed by atoms with Crippen LogP contribution in [-0.4, -0.2) is 42.3 Å². The van der Waals surface area contributed by atoms with Gasteiger partial charge in [0.1, 0.15) is 0 Å². The molecule has 0 saturated carbocycles. The zero-order valence-electron chi connectivity index (χ0n) is 16.1. The van der Waals surface area contributed by atoms with Crippen molar-refractivity contribution in [2.75, 3.05) is 26.8 Å². The SMILES string of the molecule is CN=C(NCCCOCC(C)C)NCc1cccc(Cn2ccnc2)c1. The topological polar surface area (TPSA) is 63.5 Å². The lowest BCUT2D eigenvalue weighted by Crippen LogP contribution is -2.37. The molecule has 0 saturated heterocycles. The molecule has 6 heteroatoms. The Bertz CT molecular complexity index is 652. The summed E-state index contributed by atoms with van der Waals surface area (Å²) in [5.41, 5.74) is 2.48. The van der Waals surface area contributed by atoms with Crippen molar-refractivity contribution in [3.05, 3.63) is 54.1 Å². The largest absolute Gasteiger partial charge is 0.381 e. The van der Waals surface area contributed by atoms with Crippen LogP contribution in [0.4, 0.5) is 0 Å². The summed E-state index contributed by atoms with van der Waals surface area (Å²) in [5, 5.41) is 6.69. The Morgan fingerprint density at radius 2 is 2.12 bits per heavy atom. The fraction of sp³-hybridized carbons (Fsp3) is 0.500. The highest BCUT2D eigenvalue weighted by atomic mass is 16.5. The number of benzene rings is 1. The van der Waals surface area contributed by atoms with Gasteiger partial charge in [-0.05, 0) is 23.5 Å². The van der Waals surface area contributed by atoms with E-state index in [1.54, 1.807) is 13.2 Å². The first kappa shape index (κ1) is 20.0. The van der Waals surface area contributed by atoms with E-state index in [1.165, 1.54) is 11.1 Å². The van der Waals surface area contributed by atoms with Gasteiger partial charge in [-0.15, -0.1) is 0 Å². The number of nitrogens with zero attached hydrogens (tertiary/aromatic N) is 3. The van der Waals surface area contributed by atoms with Crippen molar-refractivity contribution in [3.8, 4) is 0 Å². The molecule has 0 bridgehead atoms. The van der Waals surface area contributed by atoms with Crippen molar-refractivity contribution >= 4 is 5.96 Å². The molecule has 6 nitrogen and oxygen atoms in total. The van der Waals surface area contributed by atoms with Gasteiger partial charge in [0.2, 0.25) is 0 Å². The lowest BCUT2D eigenvalue weighted by molar-refractivity contribution is 0.108. The van der Waals surface area contributed by atoms with Crippen LogP contribution in [0.1, 0.15) is 31.4 Å². The molecule has 0 atom stereocenters. The summed E-state index contributed by atoms with van der Waals surface area (Å²) in [7, 11) is 1.79. The second kappa shape index (κ2) is 11.3. The fourth-order valence-electron chi connectivity index (χ4n) is 2.54. The predicted octanol–water partition coefficient (Wildman–Crippen LogP) is 2.66. The molecule has 142 valence electrons. The molecular formula is C20H31N5O. The highest BCUT2D eigenvalue weighted by Crippen LogP contribution is 2.07. The van der Waals surface area contributed by atoms with Gasteiger partial charge in [-0.2, -0.15) is 0 Å². The second-order valence-electron chi connectivity index (χ2n) is 6.73. The molecule has 1 aromatic carbocycles. The Balaban J connectivity index is 1.70. The van der Waals surface area contributed by atoms with Crippen LogP contribution in [0, 0.1) is 5.92 Å². The number of hydrogen-bond acceptors (Lipinski definition) is 3. The third-order valence-corrected chi connectivity index (χ3v) is 3.81. The van der Waals surface area contributed by atoms with Gasteiger partial charge >= 0.3 is 0 Å². The minimum atomic E-state index is 0.585. The molecule has 0 aliphatic heterocycles. The molecule has 0 spiro atoms. The Labute approximate surface area is 156 Å². The van der Waals surface area contributed by atoms with E-state index in [0.29, 0.717) is 5.92 Å². The molecule has 0 aliphatic carbocycles. The number of nitrogens with one attached hydrogen (secondary N) is 2. The number of ether oxygens (including phenoxy) is 1. The number of aliphatic imine (C=N–C) groups is 1. The normalized spacial score (nSPS) is 11.8. The van der Waals surface area contributed by atoms with Crippen molar-refractivity contribution in [1.29, 1.82) is 0 Å². The number of aromatic nitrogens is 2. The average Bonchev–Trinajstić information content (AvgIpc) is 3.13. The van der Waals surface area contributed by atoms with Gasteiger partial charge < -0.3 is 19.9 Å². The molecular weight excluding hydrogens is 326 g/mol. The van der Waals surface area contributed by atoms with E-state index < -0.39 is 0 Å². The maximum absolute atomic E-state index is 5.59. The smallest absolute Gasteiger partial charge is 0.191 e. The predicted molar refractivity (Wildman–Crippen MR) is 106 cm³/mol. The summed E-state index contributed by atoms with van der Waals surface area (Å²) >= 11 is 0. The molecule has 1 heterocycles. The minimum absolute atomic E-state index is 0.585. The Morgan fingerprint density at radius 3 is 2.85 bits per heavy atom. The quantitative estimate of drug-likeness (QED) is 0.390. The third-order valence-electron chi connectivity index (χ3n) is 3.81. The fourth-order valence-corrected chi connectivity index (χ4v) is 2.54. The van der Waals surface area contributed by atoms with E-state index in [9.17, 15) is 0 Å². The van der Waals surface area contributed by atoms with Crippen LogP contribution in [0.2, 0.25) is 0 Å². The number of rotatable bonds is 10. The third kappa shape index (κ3) is 7.70.